The van der Waals surface area contributed by atoms with E-state index in [2.05, 4.69) is 10.5 Å². The lowest BCUT2D eigenvalue weighted by molar-refractivity contribution is -0.123. The number of nitrogens with zero attached hydrogens (tertiary/aromatic N) is 1. The lowest BCUT2D eigenvalue weighted by Crippen LogP contribution is -2.28. The van der Waals surface area contributed by atoms with E-state index in [0.717, 1.165) is 11.3 Å². The highest BCUT2D eigenvalue weighted by atomic mass is 16.5. The Morgan fingerprint density at radius 1 is 1.00 bits per heavy atom. The van der Waals surface area contributed by atoms with Gasteiger partial charge in [0.15, 0.2) is 12.4 Å². The van der Waals surface area contributed by atoms with Crippen molar-refractivity contribution in [1.82, 2.24) is 10.5 Å². The molecule has 0 atom stereocenters. The smallest absolute Gasteiger partial charge is 0.258 e. The van der Waals surface area contributed by atoms with Gasteiger partial charge in [-0.3, -0.25) is 4.79 Å². The number of amides is 1. The molecule has 140 valence electrons. The van der Waals surface area contributed by atoms with Crippen LogP contribution in [-0.2, 0) is 11.3 Å². The van der Waals surface area contributed by atoms with Gasteiger partial charge < -0.3 is 24.1 Å². The average molecular weight is 368 g/mol. The van der Waals surface area contributed by atoms with Crippen LogP contribution in [0.2, 0.25) is 0 Å². The fourth-order valence-electron chi connectivity index (χ4n) is 2.37. The van der Waals surface area contributed by atoms with E-state index in [9.17, 15) is 4.79 Å². The third-order valence-electron chi connectivity index (χ3n) is 3.81. The van der Waals surface area contributed by atoms with Gasteiger partial charge in [-0.2, -0.15) is 0 Å². The average Bonchev–Trinajstić information content (AvgIpc) is 3.20. The maximum Gasteiger partial charge on any atom is 0.258 e. The van der Waals surface area contributed by atoms with E-state index in [0.29, 0.717) is 23.0 Å². The van der Waals surface area contributed by atoms with Crippen molar-refractivity contribution in [3.05, 3.63) is 60.3 Å². The summed E-state index contributed by atoms with van der Waals surface area (Å²) in [7, 11) is 3.19. The lowest BCUT2D eigenvalue weighted by atomic mass is 10.1. The second-order valence-electron chi connectivity index (χ2n) is 5.66. The summed E-state index contributed by atoms with van der Waals surface area (Å²) in [6.45, 7) is 0.149. The van der Waals surface area contributed by atoms with Gasteiger partial charge in [-0.15, -0.1) is 0 Å². The molecule has 7 heteroatoms. The van der Waals surface area contributed by atoms with Gasteiger partial charge in [-0.25, -0.2) is 0 Å². The first-order valence-electron chi connectivity index (χ1n) is 8.31. The number of hydrogen-bond acceptors (Lipinski definition) is 6. The number of nitrogens with one attached hydrogen (secondary N) is 1. The first-order valence-corrected chi connectivity index (χ1v) is 8.31. The number of rotatable bonds is 8. The van der Waals surface area contributed by atoms with Crippen LogP contribution in [0.25, 0.3) is 11.3 Å². The van der Waals surface area contributed by atoms with Crippen molar-refractivity contribution in [3.8, 4) is 28.6 Å². The predicted molar refractivity (Wildman–Crippen MR) is 98.8 cm³/mol. The number of benzene rings is 2. The molecule has 0 unspecified atom stereocenters. The Bertz CT molecular complexity index is 889. The first-order chi connectivity index (χ1) is 13.2. The van der Waals surface area contributed by atoms with Crippen LogP contribution in [0, 0.1) is 0 Å². The highest BCUT2D eigenvalue weighted by molar-refractivity contribution is 5.77. The predicted octanol–water partition coefficient (Wildman–Crippen LogP) is 3.05. The van der Waals surface area contributed by atoms with Gasteiger partial charge in [0.2, 0.25) is 0 Å². The Kier molecular flexibility index (Phi) is 5.94. The molecule has 7 nitrogen and oxygen atoms in total. The van der Waals surface area contributed by atoms with Crippen molar-refractivity contribution in [2.24, 2.45) is 0 Å². The molecule has 0 aliphatic heterocycles. The standard InChI is InChI=1S/C20H20N2O5/c1-24-16-8-6-14(7-9-16)19-10-15(22-27-19)12-21-20(23)13-26-18-5-3-4-17(11-18)25-2/h3-11H,12-13H2,1-2H3,(H,21,23). The van der Waals surface area contributed by atoms with Gasteiger partial charge >= 0.3 is 0 Å². The molecule has 2 aromatic carbocycles. The summed E-state index contributed by atoms with van der Waals surface area (Å²) in [5, 5.41) is 6.71. The monoisotopic (exact) mass is 368 g/mol. The van der Waals surface area contributed by atoms with Gasteiger partial charge in [-0.1, -0.05) is 11.2 Å². The maximum absolute atomic E-state index is 12.0. The SMILES string of the molecule is COc1ccc(-c2cc(CNC(=O)COc3cccc(OC)c3)no2)cc1. The zero-order valence-electron chi connectivity index (χ0n) is 15.1. The first kappa shape index (κ1) is 18.3. The number of aromatic nitrogens is 1. The molecule has 0 aliphatic carbocycles. The molecule has 0 saturated heterocycles. The van der Waals surface area contributed by atoms with Crippen LogP contribution in [0.15, 0.2) is 59.1 Å². The second-order valence-corrected chi connectivity index (χ2v) is 5.66. The molecule has 1 amide bonds. The van der Waals surface area contributed by atoms with E-state index in [1.165, 1.54) is 0 Å². The molecular formula is C20H20N2O5. The van der Waals surface area contributed by atoms with E-state index < -0.39 is 0 Å². The Morgan fingerprint density at radius 2 is 1.74 bits per heavy atom. The number of methoxy groups -OCH3 is 2. The maximum atomic E-state index is 12.0. The van der Waals surface area contributed by atoms with Crippen molar-refractivity contribution < 1.29 is 23.5 Å². The van der Waals surface area contributed by atoms with Crippen LogP contribution in [0.3, 0.4) is 0 Å². The number of hydrogen-bond donors (Lipinski definition) is 1. The number of ether oxygens (including phenoxy) is 3. The normalized spacial score (nSPS) is 10.3. The zero-order chi connectivity index (χ0) is 19.1. The summed E-state index contributed by atoms with van der Waals surface area (Å²) < 4.78 is 21.0. The minimum Gasteiger partial charge on any atom is -0.497 e. The van der Waals surface area contributed by atoms with Crippen molar-refractivity contribution in [2.45, 2.75) is 6.54 Å². The molecule has 0 aliphatic rings. The fourth-order valence-corrected chi connectivity index (χ4v) is 2.37. The largest absolute Gasteiger partial charge is 0.497 e. The molecule has 27 heavy (non-hydrogen) atoms. The molecule has 1 N–H and O–H groups in total. The highest BCUT2D eigenvalue weighted by Crippen LogP contribution is 2.23. The summed E-state index contributed by atoms with van der Waals surface area (Å²) in [5.74, 6) is 2.36. The lowest BCUT2D eigenvalue weighted by Gasteiger charge is -2.07. The van der Waals surface area contributed by atoms with E-state index in [-0.39, 0.29) is 19.1 Å². The topological polar surface area (TPSA) is 82.8 Å². The zero-order valence-corrected chi connectivity index (χ0v) is 15.1. The van der Waals surface area contributed by atoms with Crippen LogP contribution < -0.4 is 19.5 Å². The third kappa shape index (κ3) is 5.01. The molecule has 3 rings (SSSR count). The van der Waals surface area contributed by atoms with Gasteiger partial charge in [0.1, 0.15) is 22.9 Å². The third-order valence-corrected chi connectivity index (χ3v) is 3.81. The molecule has 3 aromatic rings. The van der Waals surface area contributed by atoms with Crippen LogP contribution in [0.5, 0.6) is 17.2 Å². The van der Waals surface area contributed by atoms with Crippen LogP contribution in [0.1, 0.15) is 5.69 Å². The summed E-state index contributed by atoms with van der Waals surface area (Å²) in [6, 6.07) is 16.3. The Labute approximate surface area is 156 Å². The fraction of sp³-hybridized carbons (Fsp3) is 0.200. The van der Waals surface area contributed by atoms with Crippen molar-refractivity contribution >= 4 is 5.91 Å². The van der Waals surface area contributed by atoms with E-state index in [4.69, 9.17) is 18.7 Å². The Hall–Kier alpha value is -3.48. The Morgan fingerprint density at radius 3 is 2.48 bits per heavy atom. The number of carbonyl (C=O) groups is 1. The quantitative estimate of drug-likeness (QED) is 0.658. The molecule has 0 radical (unpaired) electrons. The second kappa shape index (κ2) is 8.75. The van der Waals surface area contributed by atoms with Crippen LogP contribution in [0.4, 0.5) is 0 Å². The molecule has 1 aromatic heterocycles. The number of carbonyl (C=O) groups excluding carboxylic acids is 1. The Balaban J connectivity index is 1.49. The minimum atomic E-state index is -0.258. The van der Waals surface area contributed by atoms with Gasteiger partial charge in [0, 0.05) is 17.7 Å². The van der Waals surface area contributed by atoms with Crippen molar-refractivity contribution in [3.63, 3.8) is 0 Å². The summed E-state index contributed by atoms with van der Waals surface area (Å²) >= 11 is 0. The van der Waals surface area contributed by atoms with Crippen molar-refractivity contribution in [2.75, 3.05) is 20.8 Å². The highest BCUT2D eigenvalue weighted by Gasteiger charge is 2.09. The van der Waals surface area contributed by atoms with Crippen LogP contribution >= 0.6 is 0 Å². The minimum absolute atomic E-state index is 0.101. The summed E-state index contributed by atoms with van der Waals surface area (Å²) in [4.78, 5) is 12.0. The van der Waals surface area contributed by atoms with E-state index >= 15 is 0 Å². The summed E-state index contributed by atoms with van der Waals surface area (Å²) in [6.07, 6.45) is 0. The molecule has 1 heterocycles. The van der Waals surface area contributed by atoms with Gasteiger partial charge in [0.05, 0.1) is 20.8 Å². The molecule has 0 fully saturated rings. The molecule has 0 saturated carbocycles. The van der Waals surface area contributed by atoms with Crippen LogP contribution in [-0.4, -0.2) is 31.9 Å². The molecule has 0 spiro atoms. The van der Waals surface area contributed by atoms with E-state index in [1.54, 1.807) is 44.6 Å². The van der Waals surface area contributed by atoms with E-state index in [1.807, 2.05) is 24.3 Å². The molecule has 0 bridgehead atoms. The van der Waals surface area contributed by atoms with Crippen molar-refractivity contribution in [1.29, 1.82) is 0 Å². The van der Waals surface area contributed by atoms with Gasteiger partial charge in [-0.05, 0) is 36.4 Å². The summed E-state index contributed by atoms with van der Waals surface area (Å²) in [5.41, 5.74) is 1.50. The molecular weight excluding hydrogens is 348 g/mol. The van der Waals surface area contributed by atoms with Gasteiger partial charge in [0.25, 0.3) is 5.91 Å².